The fourth-order valence-corrected chi connectivity index (χ4v) is 14.9. The zero-order valence-corrected chi connectivity index (χ0v) is 33.7. The number of pyridine rings is 2. The Morgan fingerprint density at radius 2 is 1.15 bits per heavy atom. The Morgan fingerprint density at radius 1 is 0.475 bits per heavy atom. The third-order valence-corrected chi connectivity index (χ3v) is 17.6. The highest BCUT2D eigenvalue weighted by Gasteiger charge is 2.45. The minimum absolute atomic E-state index is 0.332. The summed E-state index contributed by atoms with van der Waals surface area (Å²) in [5, 5.41) is 11.0. The van der Waals surface area contributed by atoms with E-state index in [2.05, 4.69) is 193 Å². The van der Waals surface area contributed by atoms with Crippen molar-refractivity contribution >= 4 is 95.3 Å². The van der Waals surface area contributed by atoms with Gasteiger partial charge >= 0.3 is 0 Å². The van der Waals surface area contributed by atoms with E-state index in [-0.39, 0.29) is 5.41 Å². The number of benzene rings is 7. The number of hydrogen-bond acceptors (Lipinski definition) is 4. The minimum Gasteiger partial charge on any atom is -0.456 e. The van der Waals surface area contributed by atoms with Crippen LogP contribution in [0.25, 0.3) is 49.3 Å². The lowest BCUT2D eigenvalue weighted by molar-refractivity contribution is 0.630. The number of imidazole rings is 1. The summed E-state index contributed by atoms with van der Waals surface area (Å²) in [7, 11) is -3.05. The van der Waals surface area contributed by atoms with Crippen molar-refractivity contribution in [3.8, 4) is 0 Å². The van der Waals surface area contributed by atoms with Gasteiger partial charge in [-0.2, -0.15) is 0 Å². The van der Waals surface area contributed by atoms with Crippen LogP contribution in [0.2, 0.25) is 0 Å². The molecule has 0 N–H and O–H groups in total. The van der Waals surface area contributed by atoms with Crippen LogP contribution in [0, 0.1) is 0 Å². The molecule has 6 heteroatoms. The molecular weight excluding hydrogens is 737 g/mol. The van der Waals surface area contributed by atoms with E-state index in [1.807, 2.05) is 24.5 Å². The number of furan rings is 1. The van der Waals surface area contributed by atoms with Crippen molar-refractivity contribution in [3.05, 3.63) is 206 Å². The van der Waals surface area contributed by atoms with E-state index in [0.717, 1.165) is 55.7 Å². The Bertz CT molecular complexity index is 3390. The van der Waals surface area contributed by atoms with Crippen LogP contribution in [0.4, 0.5) is 17.2 Å². The van der Waals surface area contributed by atoms with Crippen molar-refractivity contribution in [3.63, 3.8) is 0 Å². The van der Waals surface area contributed by atoms with Crippen LogP contribution in [0.1, 0.15) is 25.0 Å². The molecule has 0 unspecified atom stereocenters. The van der Waals surface area contributed by atoms with Crippen LogP contribution in [0.15, 0.2) is 199 Å². The molecule has 0 bridgehead atoms. The first-order valence-electron chi connectivity index (χ1n) is 20.2. The predicted molar refractivity (Wildman–Crippen MR) is 246 cm³/mol. The molecular formula is C53H38N4OSi. The molecule has 0 saturated heterocycles. The second-order valence-electron chi connectivity index (χ2n) is 16.2. The van der Waals surface area contributed by atoms with Crippen LogP contribution in [0.3, 0.4) is 0 Å². The maximum absolute atomic E-state index is 6.55. The van der Waals surface area contributed by atoms with Crippen molar-refractivity contribution in [2.45, 2.75) is 19.3 Å². The van der Waals surface area contributed by atoms with Crippen molar-refractivity contribution < 1.29 is 4.42 Å². The fourth-order valence-electron chi connectivity index (χ4n) is 10.1. The van der Waals surface area contributed by atoms with Gasteiger partial charge in [-0.05, 0) is 73.7 Å². The van der Waals surface area contributed by atoms with Gasteiger partial charge in [-0.3, -0.25) is 9.30 Å². The predicted octanol–water partition coefficient (Wildman–Crippen LogP) is 10.4. The number of aromatic nitrogens is 3. The first kappa shape index (κ1) is 33.8. The fraction of sp³-hybridized carbons (Fsp3) is 0.0566. The van der Waals surface area contributed by atoms with Gasteiger partial charge in [-0.15, -0.1) is 0 Å². The third kappa shape index (κ3) is 4.78. The Kier molecular flexibility index (Phi) is 7.23. The molecule has 0 radical (unpaired) electrons. The minimum atomic E-state index is -3.05. The van der Waals surface area contributed by atoms with Gasteiger partial charge in [0.2, 0.25) is 0 Å². The van der Waals surface area contributed by atoms with E-state index in [1.54, 1.807) is 0 Å². The Labute approximate surface area is 342 Å². The van der Waals surface area contributed by atoms with Crippen LogP contribution < -0.4 is 25.6 Å². The first-order chi connectivity index (χ1) is 29.0. The maximum atomic E-state index is 6.55. The third-order valence-electron chi connectivity index (χ3n) is 12.8. The number of fused-ring (bicyclic) bond motifs is 11. The monoisotopic (exact) mass is 774 g/mol. The zero-order chi connectivity index (χ0) is 39.3. The molecule has 0 saturated carbocycles. The summed E-state index contributed by atoms with van der Waals surface area (Å²) in [5.74, 6) is 0.865. The SMILES string of the molecule is CC1(C)c2ccc([Si](c3ccccc3)(c3ccccc3)c3ccc4c5ccccc5n5ccnc5c4c3)cc2N(c2ccccn2)c2cc3oc4ccccc4c3cc21. The second-order valence-corrected chi connectivity index (χ2v) is 20.0. The number of anilines is 3. The molecule has 0 aliphatic carbocycles. The van der Waals surface area contributed by atoms with Crippen molar-refractivity contribution in [1.82, 2.24) is 14.4 Å². The summed E-state index contributed by atoms with van der Waals surface area (Å²) >= 11 is 0. The molecule has 7 aromatic carbocycles. The number of para-hydroxylation sites is 2. The molecule has 0 amide bonds. The number of hydrogen-bond donors (Lipinski definition) is 0. The summed E-state index contributed by atoms with van der Waals surface area (Å²) < 4.78 is 8.78. The average Bonchev–Trinajstić information content (AvgIpc) is 3.93. The van der Waals surface area contributed by atoms with Crippen molar-refractivity contribution in [1.29, 1.82) is 0 Å². The summed E-state index contributed by atoms with van der Waals surface area (Å²) in [6.45, 7) is 4.72. The Hall–Kier alpha value is -7.28. The quantitative estimate of drug-likeness (QED) is 0.0993. The number of rotatable bonds is 5. The molecule has 1 aliphatic heterocycles. The molecule has 4 aromatic heterocycles. The molecule has 12 rings (SSSR count). The van der Waals surface area contributed by atoms with Gasteiger partial charge < -0.3 is 4.42 Å². The Balaban J connectivity index is 1.18. The molecule has 59 heavy (non-hydrogen) atoms. The van der Waals surface area contributed by atoms with Crippen LogP contribution in [-0.4, -0.2) is 22.4 Å². The first-order valence-corrected chi connectivity index (χ1v) is 22.2. The summed E-state index contributed by atoms with van der Waals surface area (Å²) in [6, 6.07) is 64.6. The lowest BCUT2D eigenvalue weighted by Crippen LogP contribution is -2.74. The smallest absolute Gasteiger partial charge is 0.179 e. The molecule has 11 aromatic rings. The molecule has 5 nitrogen and oxygen atoms in total. The van der Waals surface area contributed by atoms with Gasteiger partial charge in [-0.25, -0.2) is 9.97 Å². The highest BCUT2D eigenvalue weighted by molar-refractivity contribution is 7.20. The normalized spacial score (nSPS) is 13.7. The van der Waals surface area contributed by atoms with Gasteiger partial charge in [0.25, 0.3) is 0 Å². The Morgan fingerprint density at radius 3 is 1.93 bits per heavy atom. The van der Waals surface area contributed by atoms with E-state index in [9.17, 15) is 0 Å². The van der Waals surface area contributed by atoms with E-state index in [0.29, 0.717) is 0 Å². The van der Waals surface area contributed by atoms with E-state index in [4.69, 9.17) is 14.4 Å². The van der Waals surface area contributed by atoms with E-state index >= 15 is 0 Å². The van der Waals surface area contributed by atoms with Gasteiger partial charge in [0.15, 0.2) is 8.07 Å². The maximum Gasteiger partial charge on any atom is 0.179 e. The molecule has 0 fully saturated rings. The van der Waals surface area contributed by atoms with Gasteiger partial charge in [0.1, 0.15) is 22.6 Å². The molecule has 0 atom stereocenters. The highest BCUT2D eigenvalue weighted by Crippen LogP contribution is 2.53. The topological polar surface area (TPSA) is 46.6 Å². The summed E-state index contributed by atoms with van der Waals surface area (Å²) in [6.07, 6.45) is 5.89. The summed E-state index contributed by atoms with van der Waals surface area (Å²) in [5.41, 5.74) is 8.24. The molecule has 280 valence electrons. The largest absolute Gasteiger partial charge is 0.456 e. The lowest BCUT2D eigenvalue weighted by Gasteiger charge is -2.43. The molecule has 1 aliphatic rings. The van der Waals surface area contributed by atoms with Crippen LogP contribution >= 0.6 is 0 Å². The van der Waals surface area contributed by atoms with Crippen LogP contribution in [-0.2, 0) is 5.41 Å². The standard InChI is InChI=1S/C53H38N4OSi/c1-53(2)44-27-25-38(32-47(44)57(51-23-13-14-28-54-51)48-34-50-42(33-45(48)53)41-20-10-12-22-49(41)58-50)59(35-15-5-3-6-16-35,36-17-7-4-8-18-36)37-24-26-39-40-19-9-11-21-46(40)56-30-29-55-52(56)43(39)31-37/h3-34H,1-2H3. The average molecular weight is 775 g/mol. The van der Waals surface area contributed by atoms with E-state index in [1.165, 1.54) is 42.6 Å². The van der Waals surface area contributed by atoms with Crippen molar-refractivity contribution in [2.75, 3.05) is 4.90 Å². The van der Waals surface area contributed by atoms with Crippen LogP contribution in [0.5, 0.6) is 0 Å². The summed E-state index contributed by atoms with van der Waals surface area (Å²) in [4.78, 5) is 12.3. The lowest BCUT2D eigenvalue weighted by atomic mass is 9.73. The number of nitrogens with zero attached hydrogens (tertiary/aromatic N) is 4. The second kappa shape index (κ2) is 12.6. The zero-order valence-electron chi connectivity index (χ0n) is 32.7. The molecule has 0 spiro atoms. The van der Waals surface area contributed by atoms with Gasteiger partial charge in [0, 0.05) is 51.6 Å². The van der Waals surface area contributed by atoms with Gasteiger partial charge in [0.05, 0.1) is 16.9 Å². The molecule has 5 heterocycles. The highest BCUT2D eigenvalue weighted by atomic mass is 28.3. The van der Waals surface area contributed by atoms with Gasteiger partial charge in [-0.1, -0.05) is 147 Å². The van der Waals surface area contributed by atoms with Crippen molar-refractivity contribution in [2.24, 2.45) is 0 Å². The van der Waals surface area contributed by atoms with E-state index < -0.39 is 8.07 Å².